The molecule has 3 rings (SSSR count). The van der Waals surface area contributed by atoms with Crippen LogP contribution in [0.15, 0.2) is 6.07 Å². The molecule has 116 valence electrons. The van der Waals surface area contributed by atoms with Crippen molar-refractivity contribution in [1.29, 1.82) is 0 Å². The second-order valence-electron chi connectivity index (χ2n) is 6.44. The van der Waals surface area contributed by atoms with Gasteiger partial charge in [-0.1, -0.05) is 19.3 Å². The van der Waals surface area contributed by atoms with Crippen molar-refractivity contribution < 1.29 is 9.90 Å². The van der Waals surface area contributed by atoms with Gasteiger partial charge >= 0.3 is 0 Å². The highest BCUT2D eigenvalue weighted by Crippen LogP contribution is 2.29. The van der Waals surface area contributed by atoms with Crippen molar-refractivity contribution in [2.75, 3.05) is 6.54 Å². The summed E-state index contributed by atoms with van der Waals surface area (Å²) in [5.74, 6) is 0.371. The molecule has 1 aromatic heterocycles. The third-order valence-corrected chi connectivity index (χ3v) is 6.12. The van der Waals surface area contributed by atoms with Crippen molar-refractivity contribution in [3.63, 3.8) is 0 Å². The van der Waals surface area contributed by atoms with Crippen molar-refractivity contribution >= 4 is 17.2 Å². The first-order chi connectivity index (χ1) is 10.2. The van der Waals surface area contributed by atoms with Crippen LogP contribution in [-0.2, 0) is 12.8 Å². The van der Waals surface area contributed by atoms with Gasteiger partial charge in [-0.15, -0.1) is 11.3 Å². The summed E-state index contributed by atoms with van der Waals surface area (Å²) >= 11 is 1.65. The van der Waals surface area contributed by atoms with Crippen LogP contribution in [0.5, 0.6) is 0 Å². The molecule has 2 aliphatic rings. The van der Waals surface area contributed by atoms with Gasteiger partial charge in [-0.05, 0) is 56.1 Å². The van der Waals surface area contributed by atoms with Crippen molar-refractivity contribution in [1.82, 2.24) is 5.32 Å². The summed E-state index contributed by atoms with van der Waals surface area (Å²) in [6.07, 6.45) is 10.3. The summed E-state index contributed by atoms with van der Waals surface area (Å²) in [6, 6.07) is 2.07. The second kappa shape index (κ2) is 6.93. The molecule has 1 aromatic rings. The lowest BCUT2D eigenvalue weighted by Gasteiger charge is -2.17. The topological polar surface area (TPSA) is 49.3 Å². The standard InChI is InChI=1S/C17H25NO2S/c19-14(12-6-4-5-7-12)11-18-17(20)16-10-13-8-2-1-3-9-15(13)21-16/h10,12,14,19H,1-9,11H2,(H,18,20). The number of aliphatic hydroxyl groups is 1. The molecule has 1 heterocycles. The molecule has 0 bridgehead atoms. The quantitative estimate of drug-likeness (QED) is 0.839. The molecule has 0 saturated heterocycles. The van der Waals surface area contributed by atoms with Crippen LogP contribution < -0.4 is 5.32 Å². The Morgan fingerprint density at radius 1 is 1.24 bits per heavy atom. The lowest BCUT2D eigenvalue weighted by atomic mass is 10.0. The minimum atomic E-state index is -0.380. The van der Waals surface area contributed by atoms with Gasteiger partial charge in [-0.2, -0.15) is 0 Å². The third kappa shape index (κ3) is 3.67. The van der Waals surface area contributed by atoms with Gasteiger partial charge in [0.2, 0.25) is 0 Å². The number of hydrogen-bond donors (Lipinski definition) is 2. The number of fused-ring (bicyclic) bond motifs is 1. The smallest absolute Gasteiger partial charge is 0.261 e. The molecule has 0 aromatic carbocycles. The molecule has 1 unspecified atom stereocenters. The van der Waals surface area contributed by atoms with E-state index in [1.54, 1.807) is 11.3 Å². The summed E-state index contributed by atoms with van der Waals surface area (Å²) in [5.41, 5.74) is 1.37. The fourth-order valence-corrected chi connectivity index (χ4v) is 4.74. The van der Waals surface area contributed by atoms with Crippen molar-refractivity contribution in [3.05, 3.63) is 21.4 Å². The van der Waals surface area contributed by atoms with Crippen LogP contribution in [0.3, 0.4) is 0 Å². The highest BCUT2D eigenvalue weighted by Gasteiger charge is 2.24. The normalized spacial score (nSPS) is 20.8. The number of carbonyl (C=O) groups excluding carboxylic acids is 1. The van der Waals surface area contributed by atoms with E-state index in [0.717, 1.165) is 30.6 Å². The Hall–Kier alpha value is -0.870. The average Bonchev–Trinajstić information content (AvgIpc) is 3.11. The zero-order valence-corrected chi connectivity index (χ0v) is 13.4. The third-order valence-electron chi connectivity index (χ3n) is 4.89. The zero-order chi connectivity index (χ0) is 14.7. The van der Waals surface area contributed by atoms with Crippen LogP contribution in [0.1, 0.15) is 65.1 Å². The first kappa shape index (κ1) is 15.0. The molecule has 1 fully saturated rings. The number of carbonyl (C=O) groups is 1. The van der Waals surface area contributed by atoms with Gasteiger partial charge in [0.05, 0.1) is 11.0 Å². The first-order valence-corrected chi connectivity index (χ1v) is 9.13. The number of aryl methyl sites for hydroxylation is 2. The van der Waals surface area contributed by atoms with Crippen LogP contribution in [0.2, 0.25) is 0 Å². The molecule has 2 N–H and O–H groups in total. The van der Waals surface area contributed by atoms with E-state index in [-0.39, 0.29) is 12.0 Å². The van der Waals surface area contributed by atoms with Gasteiger partial charge in [0.25, 0.3) is 5.91 Å². The zero-order valence-electron chi connectivity index (χ0n) is 12.6. The van der Waals surface area contributed by atoms with Gasteiger partial charge in [-0.3, -0.25) is 4.79 Å². The lowest BCUT2D eigenvalue weighted by molar-refractivity contribution is 0.0844. The van der Waals surface area contributed by atoms with Crippen LogP contribution in [-0.4, -0.2) is 23.7 Å². The Balaban J connectivity index is 1.55. The van der Waals surface area contributed by atoms with Crippen molar-refractivity contribution in [3.8, 4) is 0 Å². The first-order valence-electron chi connectivity index (χ1n) is 8.32. The lowest BCUT2D eigenvalue weighted by Crippen LogP contribution is -2.35. The Kier molecular flexibility index (Phi) is 4.96. The van der Waals surface area contributed by atoms with E-state index in [1.807, 2.05) is 0 Å². The van der Waals surface area contributed by atoms with Crippen LogP contribution in [0, 0.1) is 5.92 Å². The predicted octanol–water partition coefficient (Wildman–Crippen LogP) is 3.30. The molecule has 1 saturated carbocycles. The number of nitrogens with one attached hydrogen (secondary N) is 1. The molecule has 0 aliphatic heterocycles. The van der Waals surface area contributed by atoms with E-state index in [0.29, 0.717) is 12.5 Å². The van der Waals surface area contributed by atoms with E-state index in [4.69, 9.17) is 0 Å². The number of thiophene rings is 1. The van der Waals surface area contributed by atoms with Gasteiger partial charge in [0, 0.05) is 11.4 Å². The minimum absolute atomic E-state index is 0.00915. The van der Waals surface area contributed by atoms with Crippen molar-refractivity contribution in [2.45, 2.75) is 63.9 Å². The monoisotopic (exact) mass is 307 g/mol. The molecular weight excluding hydrogens is 282 g/mol. The largest absolute Gasteiger partial charge is 0.391 e. The molecule has 1 atom stereocenters. The molecule has 0 radical (unpaired) electrons. The Bertz CT molecular complexity index is 467. The maximum atomic E-state index is 12.3. The fourth-order valence-electron chi connectivity index (χ4n) is 3.57. The maximum absolute atomic E-state index is 12.3. The minimum Gasteiger partial charge on any atom is -0.391 e. The number of aliphatic hydroxyl groups excluding tert-OH is 1. The predicted molar refractivity (Wildman–Crippen MR) is 85.9 cm³/mol. The molecule has 3 nitrogen and oxygen atoms in total. The molecular formula is C17H25NO2S. The summed E-state index contributed by atoms with van der Waals surface area (Å²) in [4.78, 5) is 14.5. The Morgan fingerprint density at radius 3 is 2.81 bits per heavy atom. The van der Waals surface area contributed by atoms with E-state index < -0.39 is 0 Å². The number of hydrogen-bond acceptors (Lipinski definition) is 3. The van der Waals surface area contributed by atoms with Gasteiger partial charge in [-0.25, -0.2) is 0 Å². The van der Waals surface area contributed by atoms with Crippen molar-refractivity contribution in [2.24, 2.45) is 5.92 Å². The summed E-state index contributed by atoms with van der Waals surface area (Å²) < 4.78 is 0. The van der Waals surface area contributed by atoms with Crippen LogP contribution in [0.25, 0.3) is 0 Å². The molecule has 1 amide bonds. The van der Waals surface area contributed by atoms with Gasteiger partial charge in [0.1, 0.15) is 0 Å². The fraction of sp³-hybridized carbons (Fsp3) is 0.706. The molecule has 4 heteroatoms. The Morgan fingerprint density at radius 2 is 2.00 bits per heavy atom. The van der Waals surface area contributed by atoms with Gasteiger partial charge < -0.3 is 10.4 Å². The van der Waals surface area contributed by atoms with E-state index in [1.165, 1.54) is 42.5 Å². The van der Waals surface area contributed by atoms with Gasteiger partial charge in [0.15, 0.2) is 0 Å². The second-order valence-corrected chi connectivity index (χ2v) is 7.58. The molecule has 2 aliphatic carbocycles. The number of rotatable bonds is 4. The van der Waals surface area contributed by atoms with E-state index in [2.05, 4.69) is 11.4 Å². The van der Waals surface area contributed by atoms with Crippen LogP contribution in [0.4, 0.5) is 0 Å². The highest BCUT2D eigenvalue weighted by molar-refractivity contribution is 7.14. The molecule has 21 heavy (non-hydrogen) atoms. The summed E-state index contributed by atoms with van der Waals surface area (Å²) in [5, 5.41) is 13.1. The average molecular weight is 307 g/mol. The maximum Gasteiger partial charge on any atom is 0.261 e. The van der Waals surface area contributed by atoms with E-state index in [9.17, 15) is 9.90 Å². The molecule has 0 spiro atoms. The summed E-state index contributed by atoms with van der Waals surface area (Å²) in [6.45, 7) is 0.395. The summed E-state index contributed by atoms with van der Waals surface area (Å²) in [7, 11) is 0. The SMILES string of the molecule is O=C(NCC(O)C1CCCC1)c1cc2c(s1)CCCCC2. The number of amides is 1. The van der Waals surface area contributed by atoms with Crippen LogP contribution >= 0.6 is 11.3 Å². The highest BCUT2D eigenvalue weighted by atomic mass is 32.1. The Labute approximate surface area is 130 Å². The van der Waals surface area contributed by atoms with E-state index >= 15 is 0 Å².